The molecule has 0 spiro atoms. The molecule has 0 amide bonds. The van der Waals surface area contributed by atoms with Crippen LogP contribution >= 0.6 is 0 Å². The molecule has 0 bridgehead atoms. The van der Waals surface area contributed by atoms with Gasteiger partial charge in [-0.05, 0) is 56.2 Å². The lowest BCUT2D eigenvalue weighted by Gasteiger charge is -2.14. The monoisotopic (exact) mass is 340 g/mol. The fourth-order valence-corrected chi connectivity index (χ4v) is 3.23. The minimum absolute atomic E-state index is 0.103. The molecule has 0 fully saturated rings. The van der Waals surface area contributed by atoms with Crippen LogP contribution in [0, 0.1) is 13.8 Å². The van der Waals surface area contributed by atoms with E-state index in [1.165, 1.54) is 0 Å². The Hall–Kier alpha value is -2.53. The first-order valence-electron chi connectivity index (χ1n) is 8.57. The normalized spacial score (nSPS) is 12.5. The highest BCUT2D eigenvalue weighted by Gasteiger charge is 2.15. The Bertz CT molecular complexity index is 920. The summed E-state index contributed by atoms with van der Waals surface area (Å²) in [5, 5.41) is 10.4. The summed E-state index contributed by atoms with van der Waals surface area (Å²) in [6.45, 7) is 6.91. The second kappa shape index (κ2) is 7.15. The average molecular weight is 340 g/mol. The number of hydrogen-bond acceptors (Lipinski definition) is 3. The molecular weight excluding hydrogens is 316 g/mol. The Morgan fingerprint density at radius 1 is 1.04 bits per heavy atom. The molecule has 0 saturated carbocycles. The SMILES string of the molecule is CCn1c(=O)n(CC(O)COc2cc(C)cc(C)c2)c2ccccc21. The van der Waals surface area contributed by atoms with Gasteiger partial charge in [0.25, 0.3) is 0 Å². The molecule has 5 heteroatoms. The highest BCUT2D eigenvalue weighted by molar-refractivity contribution is 5.75. The summed E-state index contributed by atoms with van der Waals surface area (Å²) in [6.07, 6.45) is -0.769. The Morgan fingerprint density at radius 2 is 1.64 bits per heavy atom. The predicted molar refractivity (Wildman–Crippen MR) is 99.3 cm³/mol. The lowest BCUT2D eigenvalue weighted by atomic mass is 10.1. The zero-order valence-corrected chi connectivity index (χ0v) is 14.9. The van der Waals surface area contributed by atoms with Crippen LogP contribution in [0.15, 0.2) is 47.3 Å². The maximum atomic E-state index is 12.6. The number of rotatable bonds is 6. The summed E-state index contributed by atoms with van der Waals surface area (Å²) in [4.78, 5) is 12.6. The number of nitrogens with zero attached hydrogens (tertiary/aromatic N) is 2. The maximum absolute atomic E-state index is 12.6. The van der Waals surface area contributed by atoms with E-state index in [0.717, 1.165) is 27.9 Å². The smallest absolute Gasteiger partial charge is 0.329 e. The standard InChI is InChI=1S/C20H24N2O3/c1-4-21-18-7-5-6-8-19(18)22(20(21)24)12-16(23)13-25-17-10-14(2)9-15(3)11-17/h5-11,16,23H,4,12-13H2,1-3H3. The number of benzene rings is 2. The summed E-state index contributed by atoms with van der Waals surface area (Å²) in [5.41, 5.74) is 3.85. The number of aryl methyl sites for hydroxylation is 3. The van der Waals surface area contributed by atoms with Crippen molar-refractivity contribution < 1.29 is 9.84 Å². The Morgan fingerprint density at radius 3 is 2.24 bits per heavy atom. The van der Waals surface area contributed by atoms with Gasteiger partial charge in [0.2, 0.25) is 0 Å². The molecule has 25 heavy (non-hydrogen) atoms. The maximum Gasteiger partial charge on any atom is 0.329 e. The summed E-state index contributed by atoms with van der Waals surface area (Å²) >= 11 is 0. The quantitative estimate of drug-likeness (QED) is 0.751. The van der Waals surface area contributed by atoms with Gasteiger partial charge in [-0.1, -0.05) is 18.2 Å². The molecule has 1 N–H and O–H groups in total. The Kier molecular flexibility index (Phi) is 4.95. The van der Waals surface area contributed by atoms with Gasteiger partial charge in [0.1, 0.15) is 18.5 Å². The molecule has 0 radical (unpaired) electrons. The molecular formula is C20H24N2O3. The number of hydrogen-bond donors (Lipinski definition) is 1. The van der Waals surface area contributed by atoms with Crippen molar-refractivity contribution >= 4 is 11.0 Å². The van der Waals surface area contributed by atoms with E-state index in [4.69, 9.17) is 4.74 Å². The third-order valence-electron chi connectivity index (χ3n) is 4.27. The van der Waals surface area contributed by atoms with E-state index in [1.807, 2.05) is 57.2 Å². The molecule has 1 aromatic heterocycles. The van der Waals surface area contributed by atoms with Gasteiger partial charge in [0, 0.05) is 6.54 Å². The largest absolute Gasteiger partial charge is 0.491 e. The lowest BCUT2D eigenvalue weighted by molar-refractivity contribution is 0.0924. The predicted octanol–water partition coefficient (Wildman–Crippen LogP) is 2.88. The van der Waals surface area contributed by atoms with Crippen molar-refractivity contribution in [1.29, 1.82) is 0 Å². The molecule has 3 rings (SSSR count). The van der Waals surface area contributed by atoms with Gasteiger partial charge in [0.15, 0.2) is 0 Å². The van der Waals surface area contributed by atoms with Gasteiger partial charge < -0.3 is 9.84 Å². The number of aliphatic hydroxyl groups excluding tert-OH is 1. The first-order chi connectivity index (χ1) is 12.0. The summed E-state index contributed by atoms with van der Waals surface area (Å²) in [5.74, 6) is 0.736. The van der Waals surface area contributed by atoms with Gasteiger partial charge in [-0.3, -0.25) is 9.13 Å². The summed E-state index contributed by atoms with van der Waals surface area (Å²) < 4.78 is 9.05. The fraction of sp³-hybridized carbons (Fsp3) is 0.350. The van der Waals surface area contributed by atoms with E-state index in [2.05, 4.69) is 6.07 Å². The van der Waals surface area contributed by atoms with Crippen molar-refractivity contribution in [3.8, 4) is 5.75 Å². The third kappa shape index (κ3) is 3.61. The molecule has 0 aliphatic rings. The minimum atomic E-state index is -0.769. The van der Waals surface area contributed by atoms with Crippen molar-refractivity contribution in [3.63, 3.8) is 0 Å². The van der Waals surface area contributed by atoms with Crippen LogP contribution in [0.4, 0.5) is 0 Å². The Labute approximate surface area is 147 Å². The van der Waals surface area contributed by atoms with Gasteiger partial charge in [0.05, 0.1) is 17.6 Å². The van der Waals surface area contributed by atoms with Gasteiger partial charge in [-0.25, -0.2) is 4.79 Å². The molecule has 1 atom stereocenters. The van der Waals surface area contributed by atoms with Crippen molar-refractivity contribution in [2.24, 2.45) is 0 Å². The van der Waals surface area contributed by atoms with Crippen molar-refractivity contribution in [2.45, 2.75) is 40.0 Å². The summed E-state index contributed by atoms with van der Waals surface area (Å²) in [6, 6.07) is 13.6. The Balaban J connectivity index is 1.77. The number of imidazole rings is 1. The summed E-state index contributed by atoms with van der Waals surface area (Å²) in [7, 11) is 0. The van der Waals surface area contributed by atoms with E-state index >= 15 is 0 Å². The van der Waals surface area contributed by atoms with Crippen LogP contribution in [-0.2, 0) is 13.1 Å². The molecule has 0 saturated heterocycles. The van der Waals surface area contributed by atoms with Crippen LogP contribution in [-0.4, -0.2) is 27.0 Å². The topological polar surface area (TPSA) is 56.4 Å². The second-order valence-corrected chi connectivity index (χ2v) is 6.41. The van der Waals surface area contributed by atoms with Gasteiger partial charge >= 0.3 is 5.69 Å². The van der Waals surface area contributed by atoms with Crippen molar-refractivity contribution in [2.75, 3.05) is 6.61 Å². The zero-order chi connectivity index (χ0) is 18.0. The van der Waals surface area contributed by atoms with E-state index in [0.29, 0.717) is 6.54 Å². The van der Waals surface area contributed by atoms with Crippen molar-refractivity contribution in [1.82, 2.24) is 9.13 Å². The van der Waals surface area contributed by atoms with E-state index in [1.54, 1.807) is 9.13 Å². The average Bonchev–Trinajstić information content (AvgIpc) is 2.84. The van der Waals surface area contributed by atoms with Crippen LogP contribution in [0.25, 0.3) is 11.0 Å². The van der Waals surface area contributed by atoms with Gasteiger partial charge in [-0.15, -0.1) is 0 Å². The van der Waals surface area contributed by atoms with Crippen LogP contribution in [0.2, 0.25) is 0 Å². The molecule has 3 aromatic rings. The minimum Gasteiger partial charge on any atom is -0.491 e. The van der Waals surface area contributed by atoms with Crippen LogP contribution in [0.5, 0.6) is 5.75 Å². The van der Waals surface area contributed by atoms with Crippen LogP contribution in [0.3, 0.4) is 0 Å². The second-order valence-electron chi connectivity index (χ2n) is 6.41. The van der Waals surface area contributed by atoms with E-state index < -0.39 is 6.10 Å². The molecule has 132 valence electrons. The number of para-hydroxylation sites is 2. The molecule has 1 unspecified atom stereocenters. The molecule has 0 aliphatic carbocycles. The first kappa shape index (κ1) is 17.3. The number of fused-ring (bicyclic) bond motifs is 1. The van der Waals surface area contributed by atoms with E-state index in [-0.39, 0.29) is 18.8 Å². The first-order valence-corrected chi connectivity index (χ1v) is 8.57. The number of ether oxygens (including phenoxy) is 1. The number of aromatic nitrogens is 2. The van der Waals surface area contributed by atoms with Crippen LogP contribution in [0.1, 0.15) is 18.1 Å². The third-order valence-corrected chi connectivity index (χ3v) is 4.27. The van der Waals surface area contributed by atoms with Crippen LogP contribution < -0.4 is 10.4 Å². The van der Waals surface area contributed by atoms with E-state index in [9.17, 15) is 9.90 Å². The number of aliphatic hydroxyl groups is 1. The highest BCUT2D eigenvalue weighted by atomic mass is 16.5. The van der Waals surface area contributed by atoms with Crippen molar-refractivity contribution in [3.05, 3.63) is 64.1 Å². The molecule has 2 aromatic carbocycles. The molecule has 0 aliphatic heterocycles. The molecule has 5 nitrogen and oxygen atoms in total. The fourth-order valence-electron chi connectivity index (χ4n) is 3.23. The lowest BCUT2D eigenvalue weighted by Crippen LogP contribution is -2.31. The molecule has 1 heterocycles. The van der Waals surface area contributed by atoms with Gasteiger partial charge in [-0.2, -0.15) is 0 Å². The zero-order valence-electron chi connectivity index (χ0n) is 14.9. The highest BCUT2D eigenvalue weighted by Crippen LogP contribution is 2.17.